The van der Waals surface area contributed by atoms with Crippen LogP contribution in [0.4, 0.5) is 0 Å². The second kappa shape index (κ2) is 12.1. The average Bonchev–Trinajstić information content (AvgIpc) is 2.51. The lowest BCUT2D eigenvalue weighted by molar-refractivity contribution is -0.123. The molecule has 3 N–H and O–H groups in total. The monoisotopic (exact) mass is 372 g/mol. The van der Waals surface area contributed by atoms with Gasteiger partial charge in [0.05, 0.1) is 18.6 Å². The second-order valence-electron chi connectivity index (χ2n) is 6.74. The van der Waals surface area contributed by atoms with Gasteiger partial charge in [0.25, 0.3) is 0 Å². The number of halogens is 1. The molecule has 1 aromatic rings. The summed E-state index contributed by atoms with van der Waals surface area (Å²) in [5.41, 5.74) is 7.67. The molecular formula is C19H33ClN2O3. The van der Waals surface area contributed by atoms with Crippen LogP contribution < -0.4 is 15.8 Å². The number of nitrogens with one attached hydrogen (secondary N) is 1. The van der Waals surface area contributed by atoms with E-state index < -0.39 is 0 Å². The van der Waals surface area contributed by atoms with E-state index in [0.717, 1.165) is 23.3 Å². The third-order valence-corrected chi connectivity index (χ3v) is 3.84. The Balaban J connectivity index is 0.00000576. The fourth-order valence-corrected chi connectivity index (χ4v) is 2.58. The van der Waals surface area contributed by atoms with E-state index in [1.54, 1.807) is 7.11 Å². The molecule has 0 aliphatic heterocycles. The summed E-state index contributed by atoms with van der Waals surface area (Å²) in [5, 5.41) is 2.92. The number of hydrogen-bond donors (Lipinski definition) is 2. The van der Waals surface area contributed by atoms with Crippen LogP contribution in [-0.2, 0) is 16.1 Å². The Labute approximate surface area is 158 Å². The summed E-state index contributed by atoms with van der Waals surface area (Å²) in [6.07, 6.45) is 1.14. The molecule has 6 heteroatoms. The maximum Gasteiger partial charge on any atom is 0.222 e. The zero-order chi connectivity index (χ0) is 18.1. The van der Waals surface area contributed by atoms with Crippen LogP contribution in [-0.4, -0.2) is 31.8 Å². The first-order valence-corrected chi connectivity index (χ1v) is 8.61. The Hall–Kier alpha value is -1.30. The predicted molar refractivity (Wildman–Crippen MR) is 104 cm³/mol. The summed E-state index contributed by atoms with van der Waals surface area (Å²) in [4.78, 5) is 12.0. The van der Waals surface area contributed by atoms with Gasteiger partial charge in [-0.3, -0.25) is 4.79 Å². The SMILES string of the molecule is COC(CN)CC(=O)NCc1ccc(C)cc1OC(C)CC(C)C.Cl. The predicted octanol–water partition coefficient (Wildman–Crippen LogP) is 3.21. The molecule has 2 unspecified atom stereocenters. The Morgan fingerprint density at radius 1 is 1.28 bits per heavy atom. The van der Waals surface area contributed by atoms with E-state index in [2.05, 4.69) is 26.1 Å². The van der Waals surface area contributed by atoms with Crippen molar-refractivity contribution in [2.24, 2.45) is 11.7 Å². The molecule has 5 nitrogen and oxygen atoms in total. The third kappa shape index (κ3) is 9.10. The topological polar surface area (TPSA) is 73.6 Å². The van der Waals surface area contributed by atoms with Crippen LogP contribution in [0, 0.1) is 12.8 Å². The van der Waals surface area contributed by atoms with Gasteiger partial charge < -0.3 is 20.5 Å². The van der Waals surface area contributed by atoms with E-state index in [0.29, 0.717) is 19.0 Å². The van der Waals surface area contributed by atoms with Gasteiger partial charge in [-0.2, -0.15) is 0 Å². The van der Waals surface area contributed by atoms with Gasteiger partial charge >= 0.3 is 0 Å². The van der Waals surface area contributed by atoms with Crippen molar-refractivity contribution >= 4 is 18.3 Å². The number of rotatable bonds is 10. The van der Waals surface area contributed by atoms with Gasteiger partial charge in [0.2, 0.25) is 5.91 Å². The number of ether oxygens (including phenoxy) is 2. The zero-order valence-electron chi connectivity index (χ0n) is 16.0. The average molecular weight is 373 g/mol. The molecule has 144 valence electrons. The number of carbonyl (C=O) groups is 1. The Morgan fingerprint density at radius 2 is 1.96 bits per heavy atom. The number of amides is 1. The minimum atomic E-state index is -0.246. The van der Waals surface area contributed by atoms with Crippen molar-refractivity contribution in [1.29, 1.82) is 0 Å². The molecule has 0 bridgehead atoms. The molecule has 0 saturated heterocycles. The quantitative estimate of drug-likeness (QED) is 0.661. The molecular weight excluding hydrogens is 340 g/mol. The number of methoxy groups -OCH3 is 1. The summed E-state index contributed by atoms with van der Waals surface area (Å²) < 4.78 is 11.2. The molecule has 0 radical (unpaired) electrons. The Kier molecular flexibility index (Phi) is 11.5. The molecule has 0 saturated carbocycles. The summed E-state index contributed by atoms with van der Waals surface area (Å²) in [6.45, 7) is 9.24. The number of hydrogen-bond acceptors (Lipinski definition) is 4. The third-order valence-electron chi connectivity index (χ3n) is 3.84. The molecule has 0 heterocycles. The lowest BCUT2D eigenvalue weighted by atomic mass is 10.1. The van der Waals surface area contributed by atoms with Gasteiger partial charge in [-0.25, -0.2) is 0 Å². The van der Waals surface area contributed by atoms with Crippen LogP contribution in [0.2, 0.25) is 0 Å². The van der Waals surface area contributed by atoms with E-state index in [4.69, 9.17) is 15.2 Å². The zero-order valence-corrected chi connectivity index (χ0v) is 16.8. The highest BCUT2D eigenvalue weighted by Crippen LogP contribution is 2.23. The van der Waals surface area contributed by atoms with Crippen molar-refractivity contribution in [1.82, 2.24) is 5.32 Å². The van der Waals surface area contributed by atoms with E-state index in [9.17, 15) is 4.79 Å². The molecule has 0 aromatic heterocycles. The Bertz CT molecular complexity index is 519. The largest absolute Gasteiger partial charge is 0.490 e. The van der Waals surface area contributed by atoms with E-state index in [1.807, 2.05) is 25.1 Å². The summed E-state index contributed by atoms with van der Waals surface area (Å²) in [5.74, 6) is 1.34. The maximum absolute atomic E-state index is 12.0. The van der Waals surface area contributed by atoms with Crippen LogP contribution in [0.5, 0.6) is 5.75 Å². The lowest BCUT2D eigenvalue weighted by Gasteiger charge is -2.20. The van der Waals surface area contributed by atoms with Crippen LogP contribution >= 0.6 is 12.4 Å². The molecule has 25 heavy (non-hydrogen) atoms. The summed E-state index contributed by atoms with van der Waals surface area (Å²) >= 11 is 0. The molecule has 1 aromatic carbocycles. The van der Waals surface area contributed by atoms with Crippen molar-refractivity contribution in [3.05, 3.63) is 29.3 Å². The number of benzene rings is 1. The minimum Gasteiger partial charge on any atom is -0.490 e. The summed E-state index contributed by atoms with van der Waals surface area (Å²) in [7, 11) is 1.56. The van der Waals surface area contributed by atoms with Gasteiger partial charge in [0.1, 0.15) is 5.75 Å². The van der Waals surface area contributed by atoms with Gasteiger partial charge in [-0.05, 0) is 37.8 Å². The second-order valence-corrected chi connectivity index (χ2v) is 6.74. The standard InChI is InChI=1S/C19H32N2O3.ClH/c1-13(2)8-15(4)24-18-9-14(3)6-7-16(18)12-21-19(22)10-17(11-20)23-5;/h6-7,9,13,15,17H,8,10-12,20H2,1-5H3,(H,21,22);1H. The molecule has 0 spiro atoms. The molecule has 0 aliphatic rings. The van der Waals surface area contributed by atoms with Gasteiger partial charge in [0.15, 0.2) is 0 Å². The smallest absolute Gasteiger partial charge is 0.222 e. The molecule has 1 rings (SSSR count). The molecule has 0 fully saturated rings. The number of nitrogens with two attached hydrogens (primary N) is 1. The first kappa shape index (κ1) is 23.7. The fraction of sp³-hybridized carbons (Fsp3) is 0.632. The van der Waals surface area contributed by atoms with Crippen molar-refractivity contribution in [3.63, 3.8) is 0 Å². The van der Waals surface area contributed by atoms with E-state index in [-0.39, 0.29) is 36.9 Å². The molecule has 2 atom stereocenters. The highest BCUT2D eigenvalue weighted by Gasteiger charge is 2.14. The normalized spacial score (nSPS) is 13.1. The fourth-order valence-electron chi connectivity index (χ4n) is 2.58. The van der Waals surface area contributed by atoms with Crippen molar-refractivity contribution in [2.45, 2.75) is 59.3 Å². The van der Waals surface area contributed by atoms with Crippen LogP contribution in [0.3, 0.4) is 0 Å². The van der Waals surface area contributed by atoms with E-state index >= 15 is 0 Å². The highest BCUT2D eigenvalue weighted by molar-refractivity contribution is 5.85. The van der Waals surface area contributed by atoms with Gasteiger partial charge in [-0.15, -0.1) is 12.4 Å². The van der Waals surface area contributed by atoms with E-state index in [1.165, 1.54) is 0 Å². The molecule has 1 amide bonds. The Morgan fingerprint density at radius 3 is 2.52 bits per heavy atom. The number of aryl methyl sites for hydroxylation is 1. The summed E-state index contributed by atoms with van der Waals surface area (Å²) in [6, 6.07) is 6.05. The highest BCUT2D eigenvalue weighted by atomic mass is 35.5. The van der Waals surface area contributed by atoms with Crippen molar-refractivity contribution < 1.29 is 14.3 Å². The van der Waals surface area contributed by atoms with Crippen molar-refractivity contribution in [3.8, 4) is 5.75 Å². The van der Waals surface area contributed by atoms with Gasteiger partial charge in [-0.1, -0.05) is 26.0 Å². The maximum atomic E-state index is 12.0. The van der Waals surface area contributed by atoms with Crippen LogP contribution in [0.25, 0.3) is 0 Å². The van der Waals surface area contributed by atoms with Crippen LogP contribution in [0.15, 0.2) is 18.2 Å². The van der Waals surface area contributed by atoms with Crippen LogP contribution in [0.1, 0.15) is 44.7 Å². The first-order valence-electron chi connectivity index (χ1n) is 8.61. The minimum absolute atomic E-state index is 0. The lowest BCUT2D eigenvalue weighted by Crippen LogP contribution is -2.32. The molecule has 0 aliphatic carbocycles. The number of carbonyl (C=O) groups excluding carboxylic acids is 1. The first-order chi connectivity index (χ1) is 11.3. The van der Waals surface area contributed by atoms with Crippen molar-refractivity contribution in [2.75, 3.05) is 13.7 Å². The van der Waals surface area contributed by atoms with Gasteiger partial charge in [0, 0.05) is 25.8 Å².